The molecule has 1 aliphatic rings. The van der Waals surface area contributed by atoms with Crippen molar-refractivity contribution in [1.29, 1.82) is 0 Å². The van der Waals surface area contributed by atoms with Crippen molar-refractivity contribution in [3.63, 3.8) is 0 Å². The van der Waals surface area contributed by atoms with Crippen LogP contribution in [-0.4, -0.2) is 46.1 Å². The molecular formula is C14H22N2O4S. The molecule has 1 fully saturated rings. The first-order chi connectivity index (χ1) is 9.90. The van der Waals surface area contributed by atoms with Gasteiger partial charge in [-0.15, -0.1) is 0 Å². The Kier molecular flexibility index (Phi) is 4.75. The van der Waals surface area contributed by atoms with Crippen LogP contribution in [0.5, 0.6) is 11.5 Å². The van der Waals surface area contributed by atoms with Crippen LogP contribution in [0.1, 0.15) is 13.3 Å². The molecule has 0 aliphatic carbocycles. The first-order valence-electron chi connectivity index (χ1n) is 6.88. The van der Waals surface area contributed by atoms with Crippen LogP contribution < -0.4 is 15.2 Å². The van der Waals surface area contributed by atoms with Crippen LogP contribution in [0.15, 0.2) is 23.1 Å². The molecule has 2 unspecified atom stereocenters. The standard InChI is InChI=1S/C14H22N2O4S/c1-10-9-16(7-6-12(10)15)21(17,18)14-8-11(19-2)4-5-13(14)20-3/h4-5,8,10,12H,6-7,9,15H2,1-3H3. The molecule has 0 spiro atoms. The van der Waals surface area contributed by atoms with Gasteiger partial charge in [0.1, 0.15) is 16.4 Å². The van der Waals surface area contributed by atoms with Crippen LogP contribution in [-0.2, 0) is 10.0 Å². The van der Waals surface area contributed by atoms with E-state index < -0.39 is 10.0 Å². The van der Waals surface area contributed by atoms with Crippen molar-refractivity contribution in [3.8, 4) is 11.5 Å². The highest BCUT2D eigenvalue weighted by molar-refractivity contribution is 7.89. The van der Waals surface area contributed by atoms with Gasteiger partial charge in [0.25, 0.3) is 0 Å². The fourth-order valence-electron chi connectivity index (χ4n) is 2.47. The van der Waals surface area contributed by atoms with Gasteiger partial charge in [-0.25, -0.2) is 8.42 Å². The minimum absolute atomic E-state index is 0.0451. The van der Waals surface area contributed by atoms with Gasteiger partial charge < -0.3 is 15.2 Å². The topological polar surface area (TPSA) is 81.9 Å². The van der Waals surface area contributed by atoms with Gasteiger partial charge in [-0.3, -0.25) is 0 Å². The minimum Gasteiger partial charge on any atom is -0.497 e. The zero-order valence-corrected chi connectivity index (χ0v) is 13.4. The lowest BCUT2D eigenvalue weighted by atomic mass is 9.96. The smallest absolute Gasteiger partial charge is 0.246 e. The normalized spacial score (nSPS) is 23.8. The molecule has 2 atom stereocenters. The van der Waals surface area contributed by atoms with Gasteiger partial charge in [-0.05, 0) is 24.5 Å². The molecule has 1 aromatic carbocycles. The largest absolute Gasteiger partial charge is 0.497 e. The second-order valence-corrected chi connectivity index (χ2v) is 7.22. The summed E-state index contributed by atoms with van der Waals surface area (Å²) in [6.45, 7) is 2.81. The number of piperidine rings is 1. The third-order valence-corrected chi connectivity index (χ3v) is 5.81. The van der Waals surface area contributed by atoms with Crippen LogP contribution in [0.4, 0.5) is 0 Å². The third kappa shape index (κ3) is 3.14. The van der Waals surface area contributed by atoms with E-state index in [1.807, 2.05) is 6.92 Å². The molecule has 118 valence electrons. The van der Waals surface area contributed by atoms with Gasteiger partial charge in [0.05, 0.1) is 14.2 Å². The maximum atomic E-state index is 12.8. The molecule has 0 saturated carbocycles. The van der Waals surface area contributed by atoms with Crippen molar-refractivity contribution in [2.45, 2.75) is 24.3 Å². The minimum atomic E-state index is -3.62. The van der Waals surface area contributed by atoms with Crippen molar-refractivity contribution >= 4 is 10.0 Å². The monoisotopic (exact) mass is 314 g/mol. The van der Waals surface area contributed by atoms with Crippen molar-refractivity contribution in [2.75, 3.05) is 27.3 Å². The summed E-state index contributed by atoms with van der Waals surface area (Å²) in [6, 6.07) is 4.81. The zero-order chi connectivity index (χ0) is 15.6. The fourth-order valence-corrected chi connectivity index (χ4v) is 4.19. The molecule has 0 amide bonds. The molecule has 1 aromatic rings. The molecule has 2 rings (SSSR count). The van der Waals surface area contributed by atoms with Crippen LogP contribution in [0.3, 0.4) is 0 Å². The average molecular weight is 314 g/mol. The zero-order valence-electron chi connectivity index (χ0n) is 12.6. The quantitative estimate of drug-likeness (QED) is 0.898. The molecule has 21 heavy (non-hydrogen) atoms. The number of ether oxygens (including phenoxy) is 2. The Hall–Kier alpha value is -1.31. The summed E-state index contributed by atoms with van der Waals surface area (Å²) in [5, 5.41) is 0. The van der Waals surface area contributed by atoms with E-state index in [1.165, 1.54) is 24.6 Å². The third-order valence-electron chi connectivity index (χ3n) is 3.92. The molecule has 1 heterocycles. The molecule has 0 bridgehead atoms. The van der Waals surface area contributed by atoms with Crippen LogP contribution in [0, 0.1) is 5.92 Å². The number of nitrogens with two attached hydrogens (primary N) is 1. The Balaban J connectivity index is 2.39. The predicted octanol–water partition coefficient (Wildman–Crippen LogP) is 1.06. The Morgan fingerprint density at radius 2 is 2.00 bits per heavy atom. The lowest BCUT2D eigenvalue weighted by molar-refractivity contribution is 0.249. The fraction of sp³-hybridized carbons (Fsp3) is 0.571. The highest BCUT2D eigenvalue weighted by Crippen LogP contribution is 2.32. The molecule has 0 aromatic heterocycles. The van der Waals surface area contributed by atoms with Crippen molar-refractivity contribution < 1.29 is 17.9 Å². The molecule has 0 radical (unpaired) electrons. The number of hydrogen-bond donors (Lipinski definition) is 1. The summed E-state index contributed by atoms with van der Waals surface area (Å²) in [7, 11) is -0.667. The van der Waals surface area contributed by atoms with Crippen molar-refractivity contribution in [2.24, 2.45) is 11.7 Å². The number of nitrogens with zero attached hydrogens (tertiary/aromatic N) is 1. The van der Waals surface area contributed by atoms with E-state index in [1.54, 1.807) is 12.1 Å². The van der Waals surface area contributed by atoms with E-state index in [4.69, 9.17) is 15.2 Å². The van der Waals surface area contributed by atoms with Gasteiger partial charge in [0, 0.05) is 25.2 Å². The second-order valence-electron chi connectivity index (χ2n) is 5.31. The number of sulfonamides is 1. The number of benzene rings is 1. The lowest BCUT2D eigenvalue weighted by Crippen LogP contribution is -2.48. The summed E-state index contributed by atoms with van der Waals surface area (Å²) in [5.74, 6) is 0.930. The van der Waals surface area contributed by atoms with Gasteiger partial charge in [0.15, 0.2) is 0 Å². The summed E-state index contributed by atoms with van der Waals surface area (Å²) in [6.07, 6.45) is 0.659. The first-order valence-corrected chi connectivity index (χ1v) is 8.32. The molecular weight excluding hydrogens is 292 g/mol. The van der Waals surface area contributed by atoms with E-state index in [2.05, 4.69) is 0 Å². The maximum Gasteiger partial charge on any atom is 0.246 e. The summed E-state index contributed by atoms with van der Waals surface area (Å²) in [4.78, 5) is 0.132. The molecule has 7 heteroatoms. The number of rotatable bonds is 4. The average Bonchev–Trinajstić information content (AvgIpc) is 2.49. The maximum absolute atomic E-state index is 12.8. The Morgan fingerprint density at radius 3 is 2.57 bits per heavy atom. The highest BCUT2D eigenvalue weighted by atomic mass is 32.2. The number of methoxy groups -OCH3 is 2. The van der Waals surface area contributed by atoms with E-state index in [-0.39, 0.29) is 16.9 Å². The van der Waals surface area contributed by atoms with E-state index in [0.29, 0.717) is 31.0 Å². The van der Waals surface area contributed by atoms with E-state index >= 15 is 0 Å². The highest BCUT2D eigenvalue weighted by Gasteiger charge is 2.34. The van der Waals surface area contributed by atoms with Crippen LogP contribution in [0.25, 0.3) is 0 Å². The first kappa shape index (κ1) is 16.1. The predicted molar refractivity (Wildman–Crippen MR) is 80.1 cm³/mol. The Bertz CT molecular complexity index is 603. The summed E-state index contributed by atoms with van der Waals surface area (Å²) >= 11 is 0. The van der Waals surface area contributed by atoms with E-state index in [9.17, 15) is 8.42 Å². The molecule has 2 N–H and O–H groups in total. The second kappa shape index (κ2) is 6.21. The lowest BCUT2D eigenvalue weighted by Gasteiger charge is -2.34. The Morgan fingerprint density at radius 1 is 1.29 bits per heavy atom. The van der Waals surface area contributed by atoms with Crippen molar-refractivity contribution in [1.82, 2.24) is 4.31 Å². The van der Waals surface area contributed by atoms with E-state index in [0.717, 1.165) is 0 Å². The van der Waals surface area contributed by atoms with Crippen LogP contribution in [0.2, 0.25) is 0 Å². The summed E-state index contributed by atoms with van der Waals surface area (Å²) in [5.41, 5.74) is 5.96. The molecule has 1 saturated heterocycles. The summed E-state index contributed by atoms with van der Waals surface area (Å²) < 4.78 is 37.4. The van der Waals surface area contributed by atoms with Gasteiger partial charge >= 0.3 is 0 Å². The number of hydrogen-bond acceptors (Lipinski definition) is 5. The molecule has 1 aliphatic heterocycles. The van der Waals surface area contributed by atoms with Crippen LogP contribution >= 0.6 is 0 Å². The van der Waals surface area contributed by atoms with Crippen molar-refractivity contribution in [3.05, 3.63) is 18.2 Å². The van der Waals surface area contributed by atoms with Gasteiger partial charge in [-0.1, -0.05) is 6.92 Å². The molecule has 6 nitrogen and oxygen atoms in total. The van der Waals surface area contributed by atoms with Gasteiger partial charge in [-0.2, -0.15) is 4.31 Å². The van der Waals surface area contributed by atoms with Gasteiger partial charge in [0.2, 0.25) is 10.0 Å². The Labute approximate surface area is 125 Å². The SMILES string of the molecule is COc1ccc(OC)c(S(=O)(=O)N2CCC(N)C(C)C2)c1.